The molecule has 2 aliphatic rings. The second-order valence-corrected chi connectivity index (χ2v) is 6.41. The number of hydrogen-bond acceptors (Lipinski definition) is 3. The van der Waals surface area contributed by atoms with Crippen LogP contribution in [0.1, 0.15) is 19.4 Å². The Kier molecular flexibility index (Phi) is 3.27. The van der Waals surface area contributed by atoms with Gasteiger partial charge in [-0.2, -0.15) is 0 Å². The molecule has 2 atom stereocenters. The smallest absolute Gasteiger partial charge is 0.118 e. The van der Waals surface area contributed by atoms with Crippen LogP contribution in [0.15, 0.2) is 24.3 Å². The van der Waals surface area contributed by atoms with Crippen LogP contribution in [0, 0.1) is 11.8 Å². The summed E-state index contributed by atoms with van der Waals surface area (Å²) in [5.41, 5.74) is 1.68. The molecule has 104 valence electrons. The average molecular weight is 260 g/mol. The molecule has 1 aromatic rings. The summed E-state index contributed by atoms with van der Waals surface area (Å²) in [5, 5.41) is 3.54. The highest BCUT2D eigenvalue weighted by Gasteiger charge is 2.49. The lowest BCUT2D eigenvalue weighted by Crippen LogP contribution is -2.43. The average Bonchev–Trinajstić information content (AvgIpc) is 2.95. The first-order chi connectivity index (χ1) is 9.11. The topological polar surface area (TPSA) is 24.5 Å². The van der Waals surface area contributed by atoms with E-state index in [1.165, 1.54) is 25.2 Å². The Balaban J connectivity index is 1.72. The molecule has 3 nitrogen and oxygen atoms in total. The van der Waals surface area contributed by atoms with Crippen LogP contribution in [0.25, 0.3) is 0 Å². The number of hydrogen-bond donors (Lipinski definition) is 1. The predicted octanol–water partition coefficient (Wildman–Crippen LogP) is 2.12. The Hall–Kier alpha value is -1.06. The van der Waals surface area contributed by atoms with Crippen LogP contribution in [0.5, 0.6) is 5.75 Å². The molecule has 0 saturated carbocycles. The van der Waals surface area contributed by atoms with Gasteiger partial charge < -0.3 is 10.1 Å². The van der Waals surface area contributed by atoms with Crippen LogP contribution in [-0.2, 0) is 6.54 Å². The lowest BCUT2D eigenvalue weighted by molar-refractivity contribution is 0.132. The number of ether oxygens (including phenoxy) is 1. The number of likely N-dealkylation sites (tertiary alicyclic amines) is 1. The quantitative estimate of drug-likeness (QED) is 0.901. The largest absolute Gasteiger partial charge is 0.497 e. The fraction of sp³-hybridized carbons (Fsp3) is 0.625. The lowest BCUT2D eigenvalue weighted by Gasteiger charge is -2.35. The molecule has 1 aromatic carbocycles. The molecule has 0 bridgehead atoms. The highest BCUT2D eigenvalue weighted by atomic mass is 16.5. The molecule has 2 heterocycles. The summed E-state index contributed by atoms with van der Waals surface area (Å²) in [7, 11) is 1.72. The number of nitrogens with zero attached hydrogens (tertiary/aromatic N) is 1. The molecule has 0 amide bonds. The van der Waals surface area contributed by atoms with Crippen molar-refractivity contribution in [1.29, 1.82) is 0 Å². The Morgan fingerprint density at radius 3 is 2.63 bits per heavy atom. The molecule has 0 aromatic heterocycles. The van der Waals surface area contributed by atoms with E-state index < -0.39 is 0 Å². The number of nitrogens with one attached hydrogen (secondary N) is 1. The Morgan fingerprint density at radius 1 is 1.26 bits per heavy atom. The van der Waals surface area contributed by atoms with Gasteiger partial charge >= 0.3 is 0 Å². The van der Waals surface area contributed by atoms with E-state index in [4.69, 9.17) is 4.74 Å². The number of fused-ring (bicyclic) bond motifs is 1. The van der Waals surface area contributed by atoms with E-state index in [1.807, 2.05) is 0 Å². The fourth-order valence-electron chi connectivity index (χ4n) is 3.72. The zero-order chi connectivity index (χ0) is 13.5. The minimum atomic E-state index is 0.300. The maximum atomic E-state index is 5.22. The molecular formula is C16H24N2O. The molecule has 2 unspecified atom stereocenters. The van der Waals surface area contributed by atoms with Crippen molar-refractivity contribution >= 4 is 0 Å². The van der Waals surface area contributed by atoms with Crippen molar-refractivity contribution in [3.8, 4) is 5.75 Å². The monoisotopic (exact) mass is 260 g/mol. The third-order valence-electron chi connectivity index (χ3n) is 5.05. The van der Waals surface area contributed by atoms with Gasteiger partial charge in [-0.15, -0.1) is 0 Å². The molecule has 2 aliphatic heterocycles. The third-order valence-corrected chi connectivity index (χ3v) is 5.05. The van der Waals surface area contributed by atoms with Gasteiger partial charge in [0.15, 0.2) is 0 Å². The van der Waals surface area contributed by atoms with Gasteiger partial charge in [0.1, 0.15) is 5.75 Å². The minimum absolute atomic E-state index is 0.300. The van der Waals surface area contributed by atoms with Gasteiger partial charge in [-0.1, -0.05) is 12.1 Å². The van der Waals surface area contributed by atoms with Crippen LogP contribution < -0.4 is 10.1 Å². The van der Waals surface area contributed by atoms with Crippen molar-refractivity contribution < 1.29 is 4.74 Å². The number of benzene rings is 1. The van der Waals surface area contributed by atoms with Gasteiger partial charge in [-0.25, -0.2) is 0 Å². The first-order valence-electron chi connectivity index (χ1n) is 7.20. The van der Waals surface area contributed by atoms with Gasteiger partial charge in [-0.05, 0) is 49.9 Å². The molecule has 19 heavy (non-hydrogen) atoms. The zero-order valence-corrected chi connectivity index (χ0v) is 12.1. The fourth-order valence-corrected chi connectivity index (χ4v) is 3.72. The molecule has 0 spiro atoms. The Morgan fingerprint density at radius 2 is 2.00 bits per heavy atom. The van der Waals surface area contributed by atoms with Crippen molar-refractivity contribution in [2.45, 2.75) is 25.9 Å². The zero-order valence-electron chi connectivity index (χ0n) is 12.1. The Bertz CT molecular complexity index is 441. The van der Waals surface area contributed by atoms with E-state index >= 15 is 0 Å². The Labute approximate surface area is 115 Å². The summed E-state index contributed by atoms with van der Waals surface area (Å²) in [6.07, 6.45) is 0. The van der Waals surface area contributed by atoms with Crippen LogP contribution >= 0.6 is 0 Å². The van der Waals surface area contributed by atoms with Gasteiger partial charge in [0.2, 0.25) is 0 Å². The second kappa shape index (κ2) is 4.80. The van der Waals surface area contributed by atoms with Crippen LogP contribution in [-0.4, -0.2) is 37.2 Å². The summed E-state index contributed by atoms with van der Waals surface area (Å²) in [6, 6.07) is 8.48. The number of methoxy groups -OCH3 is 1. The molecule has 3 heteroatoms. The van der Waals surface area contributed by atoms with E-state index in [-0.39, 0.29) is 0 Å². The SMILES string of the molecule is COc1ccc(CN2CC3CNCC3C2(C)C)cc1. The van der Waals surface area contributed by atoms with Gasteiger partial charge in [0.25, 0.3) is 0 Å². The van der Waals surface area contributed by atoms with Gasteiger partial charge in [0.05, 0.1) is 7.11 Å². The van der Waals surface area contributed by atoms with Gasteiger partial charge in [0, 0.05) is 25.2 Å². The van der Waals surface area contributed by atoms with Crippen molar-refractivity contribution in [3.63, 3.8) is 0 Å². The maximum Gasteiger partial charge on any atom is 0.118 e. The van der Waals surface area contributed by atoms with E-state index in [0.717, 1.165) is 24.1 Å². The van der Waals surface area contributed by atoms with Crippen molar-refractivity contribution in [2.75, 3.05) is 26.7 Å². The summed E-state index contributed by atoms with van der Waals surface area (Å²) in [6.45, 7) is 9.42. The summed E-state index contributed by atoms with van der Waals surface area (Å²) < 4.78 is 5.22. The molecule has 2 fully saturated rings. The molecule has 1 N–H and O–H groups in total. The summed E-state index contributed by atoms with van der Waals surface area (Å²) in [4.78, 5) is 2.64. The van der Waals surface area contributed by atoms with E-state index in [0.29, 0.717) is 5.54 Å². The van der Waals surface area contributed by atoms with Crippen molar-refractivity contribution in [1.82, 2.24) is 10.2 Å². The van der Waals surface area contributed by atoms with Gasteiger partial charge in [-0.3, -0.25) is 4.90 Å². The number of rotatable bonds is 3. The predicted molar refractivity (Wildman–Crippen MR) is 77.3 cm³/mol. The van der Waals surface area contributed by atoms with Crippen molar-refractivity contribution in [3.05, 3.63) is 29.8 Å². The third kappa shape index (κ3) is 2.26. The maximum absolute atomic E-state index is 5.22. The van der Waals surface area contributed by atoms with Crippen molar-refractivity contribution in [2.24, 2.45) is 11.8 Å². The van der Waals surface area contributed by atoms with Crippen LogP contribution in [0.4, 0.5) is 0 Å². The highest BCUT2D eigenvalue weighted by Crippen LogP contribution is 2.41. The molecule has 3 rings (SSSR count). The first-order valence-corrected chi connectivity index (χ1v) is 7.20. The van der Waals surface area contributed by atoms with Crippen LogP contribution in [0.2, 0.25) is 0 Å². The van der Waals surface area contributed by atoms with E-state index in [9.17, 15) is 0 Å². The summed E-state index contributed by atoms with van der Waals surface area (Å²) >= 11 is 0. The van der Waals surface area contributed by atoms with E-state index in [2.05, 4.69) is 48.3 Å². The first kappa shape index (κ1) is 12.9. The molecule has 2 saturated heterocycles. The molecule has 0 radical (unpaired) electrons. The standard InChI is InChI=1S/C16H24N2O/c1-16(2)15-9-17-8-13(15)11-18(16)10-12-4-6-14(19-3)7-5-12/h4-7,13,15,17H,8-11H2,1-3H3. The summed E-state index contributed by atoms with van der Waals surface area (Å²) in [5.74, 6) is 2.56. The minimum Gasteiger partial charge on any atom is -0.497 e. The van der Waals surface area contributed by atoms with E-state index in [1.54, 1.807) is 7.11 Å². The lowest BCUT2D eigenvalue weighted by atomic mass is 9.85. The second-order valence-electron chi connectivity index (χ2n) is 6.41. The van der Waals surface area contributed by atoms with Crippen LogP contribution in [0.3, 0.4) is 0 Å². The molecular weight excluding hydrogens is 236 g/mol. The molecule has 0 aliphatic carbocycles. The highest BCUT2D eigenvalue weighted by molar-refractivity contribution is 5.27. The normalized spacial score (nSPS) is 29.4.